The van der Waals surface area contributed by atoms with Gasteiger partial charge in [0.2, 0.25) is 5.91 Å². The molecule has 1 amide bonds. The lowest BCUT2D eigenvalue weighted by Gasteiger charge is -2.36. The van der Waals surface area contributed by atoms with Crippen molar-refractivity contribution in [3.8, 4) is 5.69 Å². The Morgan fingerprint density at radius 3 is 2.27 bits per heavy atom. The molecule has 1 aliphatic heterocycles. The van der Waals surface area contributed by atoms with Gasteiger partial charge in [-0.05, 0) is 49.4 Å². The van der Waals surface area contributed by atoms with E-state index in [1.807, 2.05) is 12.1 Å². The van der Waals surface area contributed by atoms with E-state index in [9.17, 15) is 4.79 Å². The monoisotopic (exact) mass is 499 g/mol. The van der Waals surface area contributed by atoms with Crippen LogP contribution in [0.1, 0.15) is 49.9 Å². The number of aromatic nitrogens is 2. The first-order valence-electron chi connectivity index (χ1n) is 13.9. The molecule has 1 saturated heterocycles. The lowest BCUT2D eigenvalue weighted by atomic mass is 10.1. The fourth-order valence-corrected chi connectivity index (χ4v) is 5.72. The van der Waals surface area contributed by atoms with Crippen LogP contribution >= 0.6 is 0 Å². The first-order valence-corrected chi connectivity index (χ1v) is 13.9. The van der Waals surface area contributed by atoms with Gasteiger partial charge in [-0.1, -0.05) is 69.3 Å². The summed E-state index contributed by atoms with van der Waals surface area (Å²) in [5, 5.41) is 5.03. The number of likely N-dealkylation sites (N-methyl/N-ethyl adjacent to an activating group) is 1. The number of rotatable bonds is 9. The second-order valence-corrected chi connectivity index (χ2v) is 11.0. The average Bonchev–Trinajstić information content (AvgIpc) is 3.66. The second-order valence-electron chi connectivity index (χ2n) is 11.0. The van der Waals surface area contributed by atoms with Gasteiger partial charge >= 0.3 is 0 Å². The van der Waals surface area contributed by atoms with Crippen LogP contribution in [0.25, 0.3) is 5.69 Å². The maximum Gasteiger partial charge on any atom is 0.226 e. The van der Waals surface area contributed by atoms with Crippen LogP contribution in [-0.4, -0.2) is 64.8 Å². The van der Waals surface area contributed by atoms with E-state index in [4.69, 9.17) is 5.10 Å². The summed E-state index contributed by atoms with van der Waals surface area (Å²) in [5.41, 5.74) is 4.54. The van der Waals surface area contributed by atoms with Gasteiger partial charge in [-0.3, -0.25) is 4.79 Å². The molecule has 2 heterocycles. The molecule has 0 spiro atoms. The van der Waals surface area contributed by atoms with Crippen LogP contribution in [0.3, 0.4) is 0 Å². The molecule has 2 aromatic carbocycles. The van der Waals surface area contributed by atoms with Crippen LogP contribution < -0.4 is 4.90 Å². The molecule has 0 bridgehead atoms. The number of hydrogen-bond donors (Lipinski definition) is 0. The Bertz CT molecular complexity index is 1180. The van der Waals surface area contributed by atoms with E-state index < -0.39 is 0 Å². The van der Waals surface area contributed by atoms with Gasteiger partial charge in [0.05, 0.1) is 17.9 Å². The van der Waals surface area contributed by atoms with Crippen LogP contribution in [0.4, 0.5) is 5.82 Å². The van der Waals surface area contributed by atoms with E-state index in [1.165, 1.54) is 11.1 Å². The summed E-state index contributed by atoms with van der Waals surface area (Å²) in [6.07, 6.45) is 0.950. The maximum atomic E-state index is 13.9. The highest BCUT2D eigenvalue weighted by Crippen LogP contribution is 2.48. The van der Waals surface area contributed by atoms with Crippen molar-refractivity contribution >= 4 is 11.7 Å². The van der Waals surface area contributed by atoms with Gasteiger partial charge in [-0.2, -0.15) is 5.10 Å². The summed E-state index contributed by atoms with van der Waals surface area (Å²) < 4.78 is 2.11. The molecule has 1 aromatic heterocycles. The molecule has 1 saturated carbocycles. The number of amides is 1. The largest absolute Gasteiger partial charge is 0.354 e. The van der Waals surface area contributed by atoms with Crippen LogP contribution in [0.15, 0.2) is 60.7 Å². The fourth-order valence-electron chi connectivity index (χ4n) is 5.72. The van der Waals surface area contributed by atoms with Crippen molar-refractivity contribution in [3.63, 3.8) is 0 Å². The van der Waals surface area contributed by atoms with Crippen molar-refractivity contribution < 1.29 is 4.79 Å². The molecular weight excluding hydrogens is 458 g/mol. The first kappa shape index (κ1) is 25.5. The van der Waals surface area contributed by atoms with Crippen molar-refractivity contribution in [3.05, 3.63) is 77.5 Å². The minimum Gasteiger partial charge on any atom is -0.354 e. The molecule has 0 N–H and O–H groups in total. The van der Waals surface area contributed by atoms with Crippen molar-refractivity contribution in [2.24, 2.45) is 11.8 Å². The van der Waals surface area contributed by atoms with Gasteiger partial charge < -0.3 is 14.7 Å². The topological polar surface area (TPSA) is 44.6 Å². The summed E-state index contributed by atoms with van der Waals surface area (Å²) in [5.74, 6) is 2.27. The molecule has 6 nitrogen and oxygen atoms in total. The third-order valence-corrected chi connectivity index (χ3v) is 7.86. The van der Waals surface area contributed by atoms with E-state index in [0.29, 0.717) is 18.4 Å². The molecular formula is C31H41N5O. The van der Waals surface area contributed by atoms with Crippen LogP contribution in [0.2, 0.25) is 0 Å². The van der Waals surface area contributed by atoms with Gasteiger partial charge in [0.25, 0.3) is 0 Å². The molecule has 0 unspecified atom stereocenters. The zero-order chi connectivity index (χ0) is 25.9. The first-order chi connectivity index (χ1) is 18.0. The SMILES string of the molecule is CCN1CCN(c2c(CN(CC(C)C)C(=O)[C@H]3C[C@H]3c3ccccc3)c(C)nn2-c2ccccc2)CC1. The Balaban J connectivity index is 1.45. The van der Waals surface area contributed by atoms with Gasteiger partial charge in [0, 0.05) is 44.2 Å². The number of nitrogens with zero attached hydrogens (tertiary/aromatic N) is 5. The number of piperazine rings is 1. The Morgan fingerprint density at radius 1 is 1.00 bits per heavy atom. The fraction of sp³-hybridized carbons (Fsp3) is 0.484. The third-order valence-electron chi connectivity index (χ3n) is 7.86. The van der Waals surface area contributed by atoms with Gasteiger partial charge in [-0.15, -0.1) is 0 Å². The smallest absolute Gasteiger partial charge is 0.226 e. The molecule has 1 aliphatic carbocycles. The average molecular weight is 500 g/mol. The van der Waals surface area contributed by atoms with Gasteiger partial charge in [0.15, 0.2) is 0 Å². The lowest BCUT2D eigenvalue weighted by molar-refractivity contribution is -0.133. The molecule has 2 aliphatic rings. The molecule has 196 valence electrons. The highest BCUT2D eigenvalue weighted by Gasteiger charge is 2.46. The number of hydrogen-bond acceptors (Lipinski definition) is 4. The molecule has 3 aromatic rings. The summed E-state index contributed by atoms with van der Waals surface area (Å²) in [4.78, 5) is 21.0. The number of anilines is 1. The van der Waals surface area contributed by atoms with Crippen LogP contribution in [-0.2, 0) is 11.3 Å². The Labute approximate surface area is 221 Å². The quantitative estimate of drug-likeness (QED) is 0.410. The van der Waals surface area contributed by atoms with Gasteiger partial charge in [0.1, 0.15) is 5.82 Å². The van der Waals surface area contributed by atoms with Gasteiger partial charge in [-0.25, -0.2) is 4.68 Å². The third kappa shape index (κ3) is 5.59. The predicted octanol–water partition coefficient (Wildman–Crippen LogP) is 5.11. The Morgan fingerprint density at radius 2 is 1.65 bits per heavy atom. The standard InChI is InChI=1S/C31H41N5O/c1-5-33-16-18-34(19-17-33)30-29(24(4)32-36(30)26-14-10-7-11-15-26)22-35(21-23(2)3)31(37)28-20-27(28)25-12-8-6-9-13-25/h6-15,23,27-28H,5,16-22H2,1-4H3/t27-,28-/m0/s1. The predicted molar refractivity (Wildman–Crippen MR) is 150 cm³/mol. The van der Waals surface area contributed by atoms with Crippen LogP contribution in [0.5, 0.6) is 0 Å². The lowest BCUT2D eigenvalue weighted by Crippen LogP contribution is -2.47. The Kier molecular flexibility index (Phi) is 7.65. The van der Waals surface area contributed by atoms with E-state index >= 15 is 0 Å². The minimum absolute atomic E-state index is 0.0853. The summed E-state index contributed by atoms with van der Waals surface area (Å²) in [7, 11) is 0. The summed E-state index contributed by atoms with van der Waals surface area (Å²) >= 11 is 0. The Hall–Kier alpha value is -3.12. The highest BCUT2D eigenvalue weighted by molar-refractivity contribution is 5.83. The zero-order valence-corrected chi connectivity index (χ0v) is 22.8. The summed E-state index contributed by atoms with van der Waals surface area (Å²) in [6, 6.07) is 20.9. The van der Waals surface area contributed by atoms with Crippen molar-refractivity contribution in [2.45, 2.75) is 46.6 Å². The van der Waals surface area contributed by atoms with Crippen LogP contribution in [0, 0.1) is 18.8 Å². The molecule has 5 rings (SSSR count). The molecule has 2 atom stereocenters. The molecule has 2 fully saturated rings. The highest BCUT2D eigenvalue weighted by atomic mass is 16.2. The molecule has 6 heteroatoms. The van der Waals surface area contributed by atoms with E-state index in [0.717, 1.165) is 62.9 Å². The number of para-hydroxylation sites is 1. The van der Waals surface area contributed by atoms with Crippen molar-refractivity contribution in [2.75, 3.05) is 44.2 Å². The minimum atomic E-state index is 0.0853. The van der Waals surface area contributed by atoms with Crippen molar-refractivity contribution in [1.82, 2.24) is 19.6 Å². The maximum absolute atomic E-state index is 13.9. The number of aryl methyl sites for hydroxylation is 1. The second kappa shape index (κ2) is 11.1. The van der Waals surface area contributed by atoms with E-state index in [2.05, 4.69) is 95.6 Å². The number of carbonyl (C=O) groups is 1. The van der Waals surface area contributed by atoms with Crippen molar-refractivity contribution in [1.29, 1.82) is 0 Å². The molecule has 37 heavy (non-hydrogen) atoms. The normalized spacial score (nSPS) is 19.9. The van der Waals surface area contributed by atoms with E-state index in [1.54, 1.807) is 0 Å². The number of benzene rings is 2. The number of carbonyl (C=O) groups excluding carboxylic acids is 1. The summed E-state index contributed by atoms with van der Waals surface area (Å²) in [6.45, 7) is 15.2. The van der Waals surface area contributed by atoms with E-state index in [-0.39, 0.29) is 11.8 Å². The zero-order valence-electron chi connectivity index (χ0n) is 22.8. The molecule has 0 radical (unpaired) electrons.